The van der Waals surface area contributed by atoms with E-state index in [1.807, 2.05) is 20.8 Å². The van der Waals surface area contributed by atoms with Crippen LogP contribution in [0.2, 0.25) is 0 Å². The molecule has 0 saturated heterocycles. The first-order chi connectivity index (χ1) is 9.40. The fraction of sp³-hybridized carbons (Fsp3) is 0.615. The SMILES string of the molecule is CCn1nc(C(C)C)cc1C(=O)NCC(O)C(=O)OC. The molecule has 1 rings (SSSR count). The Bertz CT molecular complexity index is 482. The second-order valence-corrected chi connectivity index (χ2v) is 4.67. The van der Waals surface area contributed by atoms with Gasteiger partial charge in [0.2, 0.25) is 0 Å². The standard InChI is InChI=1S/C13H21N3O4/c1-5-16-10(6-9(15-16)8(2)3)12(18)14-7-11(17)13(19)20-4/h6,8,11,17H,5,7H2,1-4H3,(H,14,18). The number of carbonyl (C=O) groups is 2. The van der Waals surface area contributed by atoms with Crippen molar-refractivity contribution in [3.05, 3.63) is 17.5 Å². The number of hydrogen-bond donors (Lipinski definition) is 2. The van der Waals surface area contributed by atoms with E-state index in [4.69, 9.17) is 0 Å². The minimum atomic E-state index is -1.37. The minimum Gasteiger partial charge on any atom is -0.467 e. The molecular formula is C13H21N3O4. The van der Waals surface area contributed by atoms with Crippen molar-refractivity contribution in [2.75, 3.05) is 13.7 Å². The number of rotatable bonds is 6. The first-order valence-corrected chi connectivity index (χ1v) is 6.52. The van der Waals surface area contributed by atoms with Gasteiger partial charge in [-0.3, -0.25) is 9.48 Å². The van der Waals surface area contributed by atoms with Crippen LogP contribution in [-0.2, 0) is 16.1 Å². The maximum absolute atomic E-state index is 12.0. The van der Waals surface area contributed by atoms with Gasteiger partial charge in [0.25, 0.3) is 5.91 Å². The highest BCUT2D eigenvalue weighted by Gasteiger charge is 2.19. The van der Waals surface area contributed by atoms with E-state index < -0.39 is 12.1 Å². The lowest BCUT2D eigenvalue weighted by atomic mass is 10.1. The molecule has 2 N–H and O–H groups in total. The first kappa shape index (κ1) is 16.2. The van der Waals surface area contributed by atoms with Crippen LogP contribution in [0.4, 0.5) is 0 Å². The van der Waals surface area contributed by atoms with Crippen LogP contribution in [-0.4, -0.2) is 46.5 Å². The lowest BCUT2D eigenvalue weighted by Gasteiger charge is -2.10. The highest BCUT2D eigenvalue weighted by Crippen LogP contribution is 2.14. The van der Waals surface area contributed by atoms with Crippen LogP contribution in [0.5, 0.6) is 0 Å². The predicted molar refractivity (Wildman–Crippen MR) is 72.3 cm³/mol. The lowest BCUT2D eigenvalue weighted by Crippen LogP contribution is -2.37. The molecule has 112 valence electrons. The number of aryl methyl sites for hydroxylation is 1. The van der Waals surface area contributed by atoms with Crippen LogP contribution >= 0.6 is 0 Å². The van der Waals surface area contributed by atoms with E-state index in [0.717, 1.165) is 5.69 Å². The van der Waals surface area contributed by atoms with Gasteiger partial charge < -0.3 is 15.2 Å². The number of nitrogens with one attached hydrogen (secondary N) is 1. The van der Waals surface area contributed by atoms with E-state index in [9.17, 15) is 14.7 Å². The summed E-state index contributed by atoms with van der Waals surface area (Å²) in [5.41, 5.74) is 1.23. The third-order valence-electron chi connectivity index (χ3n) is 2.85. The number of nitrogens with zero attached hydrogens (tertiary/aromatic N) is 2. The number of aliphatic hydroxyl groups is 1. The highest BCUT2D eigenvalue weighted by molar-refractivity contribution is 5.93. The molecule has 7 nitrogen and oxygen atoms in total. The third kappa shape index (κ3) is 3.80. The largest absolute Gasteiger partial charge is 0.467 e. The molecular weight excluding hydrogens is 262 g/mol. The van der Waals surface area contributed by atoms with E-state index >= 15 is 0 Å². The zero-order chi connectivity index (χ0) is 15.3. The molecule has 1 amide bonds. The summed E-state index contributed by atoms with van der Waals surface area (Å²) in [6.45, 7) is 6.24. The van der Waals surface area contributed by atoms with Gasteiger partial charge >= 0.3 is 5.97 Å². The van der Waals surface area contributed by atoms with Gasteiger partial charge in [-0.2, -0.15) is 5.10 Å². The number of aliphatic hydroxyl groups excluding tert-OH is 1. The Morgan fingerprint density at radius 3 is 2.65 bits per heavy atom. The Hall–Kier alpha value is -1.89. The number of methoxy groups -OCH3 is 1. The third-order valence-corrected chi connectivity index (χ3v) is 2.85. The van der Waals surface area contributed by atoms with Crippen molar-refractivity contribution >= 4 is 11.9 Å². The molecule has 0 aliphatic carbocycles. The molecule has 7 heteroatoms. The Labute approximate surface area is 117 Å². The topological polar surface area (TPSA) is 93.5 Å². The summed E-state index contributed by atoms with van der Waals surface area (Å²) in [6.07, 6.45) is -1.37. The van der Waals surface area contributed by atoms with Crippen LogP contribution in [0.1, 0.15) is 42.9 Å². The summed E-state index contributed by atoms with van der Waals surface area (Å²) in [4.78, 5) is 23.1. The van der Waals surface area contributed by atoms with Crippen molar-refractivity contribution in [1.29, 1.82) is 0 Å². The van der Waals surface area contributed by atoms with Crippen LogP contribution in [0.3, 0.4) is 0 Å². The molecule has 1 aromatic rings. The van der Waals surface area contributed by atoms with Gasteiger partial charge in [0, 0.05) is 6.54 Å². The van der Waals surface area contributed by atoms with E-state index in [1.165, 1.54) is 7.11 Å². The zero-order valence-electron chi connectivity index (χ0n) is 12.2. The molecule has 1 unspecified atom stereocenters. The summed E-state index contributed by atoms with van der Waals surface area (Å²) in [6, 6.07) is 1.72. The fourth-order valence-corrected chi connectivity index (χ4v) is 1.64. The van der Waals surface area contributed by atoms with E-state index in [-0.39, 0.29) is 18.4 Å². The molecule has 0 radical (unpaired) electrons. The summed E-state index contributed by atoms with van der Waals surface area (Å²) >= 11 is 0. The van der Waals surface area contributed by atoms with Gasteiger partial charge in [-0.05, 0) is 18.9 Å². The average molecular weight is 283 g/mol. The van der Waals surface area contributed by atoms with Crippen molar-refractivity contribution < 1.29 is 19.4 Å². The van der Waals surface area contributed by atoms with Crippen LogP contribution in [0.25, 0.3) is 0 Å². The Morgan fingerprint density at radius 1 is 1.50 bits per heavy atom. The number of aromatic nitrogens is 2. The molecule has 0 aliphatic rings. The van der Waals surface area contributed by atoms with Gasteiger partial charge in [0.15, 0.2) is 6.10 Å². The lowest BCUT2D eigenvalue weighted by molar-refractivity contribution is -0.149. The molecule has 0 saturated carbocycles. The monoisotopic (exact) mass is 283 g/mol. The fourth-order valence-electron chi connectivity index (χ4n) is 1.64. The first-order valence-electron chi connectivity index (χ1n) is 6.52. The zero-order valence-corrected chi connectivity index (χ0v) is 12.2. The van der Waals surface area contributed by atoms with Crippen LogP contribution in [0.15, 0.2) is 6.07 Å². The number of hydrogen-bond acceptors (Lipinski definition) is 5. The Balaban J connectivity index is 2.74. The van der Waals surface area contributed by atoms with Crippen LogP contribution in [0, 0.1) is 0 Å². The average Bonchev–Trinajstić information content (AvgIpc) is 2.87. The van der Waals surface area contributed by atoms with E-state index in [0.29, 0.717) is 12.2 Å². The van der Waals surface area contributed by atoms with Gasteiger partial charge in [-0.25, -0.2) is 4.79 Å². The van der Waals surface area contributed by atoms with Crippen molar-refractivity contribution in [1.82, 2.24) is 15.1 Å². The molecule has 0 aromatic carbocycles. The smallest absolute Gasteiger partial charge is 0.336 e. The normalized spacial score (nSPS) is 12.3. The van der Waals surface area contributed by atoms with Crippen LogP contribution < -0.4 is 5.32 Å². The Morgan fingerprint density at radius 2 is 2.15 bits per heavy atom. The minimum absolute atomic E-state index is 0.197. The van der Waals surface area contributed by atoms with Gasteiger partial charge in [0.1, 0.15) is 5.69 Å². The second kappa shape index (κ2) is 7.04. The van der Waals surface area contributed by atoms with Gasteiger partial charge in [0.05, 0.1) is 19.3 Å². The summed E-state index contributed by atoms with van der Waals surface area (Å²) in [5, 5.41) is 16.2. The van der Waals surface area contributed by atoms with Gasteiger partial charge in [-0.1, -0.05) is 13.8 Å². The van der Waals surface area contributed by atoms with Crippen molar-refractivity contribution in [3.63, 3.8) is 0 Å². The van der Waals surface area contributed by atoms with E-state index in [2.05, 4.69) is 15.2 Å². The quantitative estimate of drug-likeness (QED) is 0.732. The number of esters is 1. The molecule has 0 spiro atoms. The number of amides is 1. The Kier molecular flexibility index (Phi) is 5.69. The second-order valence-electron chi connectivity index (χ2n) is 4.67. The van der Waals surface area contributed by atoms with Crippen molar-refractivity contribution in [2.24, 2.45) is 0 Å². The molecule has 1 aromatic heterocycles. The summed E-state index contributed by atoms with van der Waals surface area (Å²) in [7, 11) is 1.18. The van der Waals surface area contributed by atoms with Crippen molar-refractivity contribution in [2.45, 2.75) is 39.3 Å². The maximum Gasteiger partial charge on any atom is 0.336 e. The predicted octanol–water partition coefficient (Wildman–Crippen LogP) is 0.290. The summed E-state index contributed by atoms with van der Waals surface area (Å²) < 4.78 is 5.97. The number of ether oxygens (including phenoxy) is 1. The maximum atomic E-state index is 12.0. The molecule has 0 bridgehead atoms. The van der Waals surface area contributed by atoms with E-state index in [1.54, 1.807) is 10.7 Å². The van der Waals surface area contributed by atoms with Gasteiger partial charge in [-0.15, -0.1) is 0 Å². The molecule has 0 fully saturated rings. The molecule has 20 heavy (non-hydrogen) atoms. The van der Waals surface area contributed by atoms with Crippen molar-refractivity contribution in [3.8, 4) is 0 Å². The number of carbonyl (C=O) groups excluding carboxylic acids is 2. The highest BCUT2D eigenvalue weighted by atomic mass is 16.5. The summed E-state index contributed by atoms with van der Waals surface area (Å²) in [5.74, 6) is -0.943. The molecule has 1 atom stereocenters. The molecule has 1 heterocycles. The molecule has 0 aliphatic heterocycles.